The van der Waals surface area contributed by atoms with E-state index in [1.165, 1.54) is 16.7 Å². The first-order valence-electron chi connectivity index (χ1n) is 8.92. The van der Waals surface area contributed by atoms with Crippen LogP contribution in [0, 0.1) is 12.3 Å². The molecule has 2 aliphatic heterocycles. The van der Waals surface area contributed by atoms with Crippen molar-refractivity contribution in [2.24, 2.45) is 11.1 Å². The summed E-state index contributed by atoms with van der Waals surface area (Å²) in [6, 6.07) is 0.927. The van der Waals surface area contributed by atoms with Crippen LogP contribution in [0.2, 0.25) is 0 Å². The molecule has 0 aliphatic carbocycles. The maximum Gasteiger partial charge on any atom is 0.358 e. The first-order chi connectivity index (χ1) is 13.6. The predicted octanol–water partition coefficient (Wildman–Crippen LogP) is 1.37. The van der Waals surface area contributed by atoms with Crippen molar-refractivity contribution in [1.29, 1.82) is 0 Å². The van der Waals surface area contributed by atoms with Gasteiger partial charge in [-0.15, -0.1) is 24.2 Å². The molecule has 166 valence electrons. The minimum absolute atomic E-state index is 0. The van der Waals surface area contributed by atoms with Gasteiger partial charge in [-0.3, -0.25) is 14.5 Å². The number of nitrogens with two attached hydrogens (primary N) is 1. The summed E-state index contributed by atoms with van der Waals surface area (Å²) < 4.78 is 20.6. The van der Waals surface area contributed by atoms with Crippen molar-refractivity contribution < 1.29 is 33.1 Å². The number of nitrogens with zero attached hydrogens (tertiary/aromatic N) is 2. The molecule has 2 N–H and O–H groups in total. The highest BCUT2D eigenvalue weighted by atomic mass is 35.5. The molecule has 1 fully saturated rings. The van der Waals surface area contributed by atoms with E-state index in [-0.39, 0.29) is 41.9 Å². The number of aromatic nitrogens is 1. The Balaban J connectivity index is 0.00000320. The lowest BCUT2D eigenvalue weighted by Gasteiger charge is -2.48. The average Bonchev–Trinajstić information content (AvgIpc) is 3.09. The first-order valence-corrected chi connectivity index (χ1v) is 9.97. The zero-order valence-electron chi connectivity index (χ0n) is 17.0. The van der Waals surface area contributed by atoms with Crippen molar-refractivity contribution in [3.8, 4) is 5.88 Å². The van der Waals surface area contributed by atoms with Gasteiger partial charge in [0.2, 0.25) is 12.7 Å². The molecule has 1 aromatic heterocycles. The van der Waals surface area contributed by atoms with Gasteiger partial charge in [0.05, 0.1) is 5.41 Å². The van der Waals surface area contributed by atoms with Crippen LogP contribution in [0.1, 0.15) is 26.5 Å². The zero-order valence-corrected chi connectivity index (χ0v) is 18.6. The topological polar surface area (TPSA) is 134 Å². The Hall–Kier alpha value is -2.24. The standard InChI is InChI=1S/C18H23N3O7S.ClH/c1-9-5-11(20-28-9)25-6-10-7-29-15-12(19)14(22)21(15)13(10)16(23)26-8-27-17(24)18(2,3)4;/h5,12,15H,6-8,19H2,1-4H3;1H/t12?,15-;/m1./s1. The molecule has 2 aliphatic rings. The average molecular weight is 462 g/mol. The number of halogens is 1. The molecule has 0 radical (unpaired) electrons. The van der Waals surface area contributed by atoms with Gasteiger partial charge in [-0.05, 0) is 32.9 Å². The summed E-state index contributed by atoms with van der Waals surface area (Å²) in [6.45, 7) is 6.23. The molecule has 1 saturated heterocycles. The van der Waals surface area contributed by atoms with Gasteiger partial charge in [0.1, 0.15) is 29.5 Å². The highest BCUT2D eigenvalue weighted by Gasteiger charge is 2.52. The number of carbonyl (C=O) groups is 3. The number of fused-ring (bicyclic) bond motifs is 1. The molecule has 3 heterocycles. The van der Waals surface area contributed by atoms with E-state index < -0.39 is 30.2 Å². The summed E-state index contributed by atoms with van der Waals surface area (Å²) in [4.78, 5) is 38.1. The van der Waals surface area contributed by atoms with Crippen molar-refractivity contribution >= 4 is 42.0 Å². The molecule has 30 heavy (non-hydrogen) atoms. The fourth-order valence-electron chi connectivity index (χ4n) is 2.67. The summed E-state index contributed by atoms with van der Waals surface area (Å²) >= 11 is 1.43. The lowest BCUT2D eigenvalue weighted by molar-refractivity contribution is -0.173. The van der Waals surface area contributed by atoms with Crippen molar-refractivity contribution in [2.75, 3.05) is 19.2 Å². The van der Waals surface area contributed by atoms with E-state index in [1.807, 2.05) is 0 Å². The molecule has 3 rings (SSSR count). The number of hydrogen-bond donors (Lipinski definition) is 1. The molecule has 0 aromatic carbocycles. The van der Waals surface area contributed by atoms with E-state index in [2.05, 4.69) is 5.16 Å². The Kier molecular flexibility index (Phi) is 7.43. The first kappa shape index (κ1) is 24.0. The quantitative estimate of drug-likeness (QED) is 0.376. The minimum Gasteiger partial charge on any atom is -0.471 e. The number of aryl methyl sites for hydroxylation is 1. The Bertz CT molecular complexity index is 864. The number of carbonyl (C=O) groups excluding carboxylic acids is 3. The summed E-state index contributed by atoms with van der Waals surface area (Å²) in [5.74, 6) is -0.409. The monoisotopic (exact) mass is 461 g/mol. The normalized spacial score (nSPS) is 20.7. The molecular formula is C18H24ClN3O7S. The Morgan fingerprint density at radius 1 is 1.37 bits per heavy atom. The highest BCUT2D eigenvalue weighted by Crippen LogP contribution is 2.39. The van der Waals surface area contributed by atoms with Gasteiger partial charge in [-0.2, -0.15) is 0 Å². The number of thioether (sulfide) groups is 1. The molecule has 1 amide bonds. The molecule has 2 atom stereocenters. The molecule has 1 aromatic rings. The Labute approximate surface area is 183 Å². The fourth-order valence-corrected chi connectivity index (χ4v) is 3.95. The zero-order chi connectivity index (χ0) is 21.3. The second kappa shape index (κ2) is 9.27. The fraction of sp³-hybridized carbons (Fsp3) is 0.556. The Morgan fingerprint density at radius 3 is 2.67 bits per heavy atom. The lowest BCUT2D eigenvalue weighted by Crippen LogP contribution is -2.68. The maximum atomic E-state index is 12.7. The third-order valence-corrected chi connectivity index (χ3v) is 5.64. The van der Waals surface area contributed by atoms with E-state index in [1.54, 1.807) is 33.8 Å². The van der Waals surface area contributed by atoms with Crippen LogP contribution >= 0.6 is 24.2 Å². The number of esters is 2. The number of hydrogen-bond acceptors (Lipinski definition) is 10. The second-order valence-corrected chi connectivity index (χ2v) is 8.79. The van der Waals surface area contributed by atoms with Crippen LogP contribution in [0.15, 0.2) is 21.9 Å². The molecular weight excluding hydrogens is 438 g/mol. The predicted molar refractivity (Wildman–Crippen MR) is 109 cm³/mol. The SMILES string of the molecule is Cc1cc(OCC2=C(C(=O)OCOC(=O)C(C)(C)C)N3C(=O)C(N)[C@H]3SC2)no1.Cl. The van der Waals surface area contributed by atoms with Gasteiger partial charge in [-0.1, -0.05) is 0 Å². The van der Waals surface area contributed by atoms with Gasteiger partial charge < -0.3 is 24.5 Å². The molecule has 0 bridgehead atoms. The largest absolute Gasteiger partial charge is 0.471 e. The van der Waals surface area contributed by atoms with Crippen LogP contribution < -0.4 is 10.5 Å². The second-order valence-electron chi connectivity index (χ2n) is 7.68. The number of β-lactam (4-membered cyclic amide) rings is 1. The number of rotatable bonds is 6. The van der Waals surface area contributed by atoms with Gasteiger partial charge in [0, 0.05) is 17.4 Å². The lowest BCUT2D eigenvalue weighted by atomic mass is 9.98. The van der Waals surface area contributed by atoms with Crippen LogP contribution in [-0.2, 0) is 23.9 Å². The highest BCUT2D eigenvalue weighted by molar-refractivity contribution is 8.00. The Morgan fingerprint density at radius 2 is 2.07 bits per heavy atom. The third-order valence-electron chi connectivity index (χ3n) is 4.27. The van der Waals surface area contributed by atoms with Crippen LogP contribution in [0.4, 0.5) is 0 Å². The smallest absolute Gasteiger partial charge is 0.358 e. The van der Waals surface area contributed by atoms with E-state index in [4.69, 9.17) is 24.5 Å². The van der Waals surface area contributed by atoms with Crippen LogP contribution in [0.5, 0.6) is 5.88 Å². The number of amides is 1. The molecule has 12 heteroatoms. The van der Waals surface area contributed by atoms with Gasteiger partial charge in [0.15, 0.2) is 0 Å². The van der Waals surface area contributed by atoms with Gasteiger partial charge in [0.25, 0.3) is 5.88 Å². The van der Waals surface area contributed by atoms with E-state index in [0.717, 1.165) is 0 Å². The summed E-state index contributed by atoms with van der Waals surface area (Å²) in [5.41, 5.74) is 5.70. The van der Waals surface area contributed by atoms with E-state index in [9.17, 15) is 14.4 Å². The van der Waals surface area contributed by atoms with Crippen LogP contribution in [-0.4, -0.2) is 58.5 Å². The van der Waals surface area contributed by atoms with E-state index >= 15 is 0 Å². The maximum absolute atomic E-state index is 12.7. The van der Waals surface area contributed by atoms with Crippen molar-refractivity contribution in [2.45, 2.75) is 39.1 Å². The van der Waals surface area contributed by atoms with Gasteiger partial charge in [-0.25, -0.2) is 4.79 Å². The van der Waals surface area contributed by atoms with Crippen molar-refractivity contribution in [1.82, 2.24) is 10.1 Å². The van der Waals surface area contributed by atoms with Crippen molar-refractivity contribution in [3.63, 3.8) is 0 Å². The van der Waals surface area contributed by atoms with Crippen molar-refractivity contribution in [3.05, 3.63) is 23.1 Å². The molecule has 10 nitrogen and oxygen atoms in total. The molecule has 0 spiro atoms. The van der Waals surface area contributed by atoms with E-state index in [0.29, 0.717) is 17.1 Å². The summed E-state index contributed by atoms with van der Waals surface area (Å²) in [6.07, 6.45) is 0. The summed E-state index contributed by atoms with van der Waals surface area (Å²) in [7, 11) is 0. The van der Waals surface area contributed by atoms with Crippen LogP contribution in [0.25, 0.3) is 0 Å². The minimum atomic E-state index is -0.785. The van der Waals surface area contributed by atoms with Crippen LogP contribution in [0.3, 0.4) is 0 Å². The molecule has 0 saturated carbocycles. The summed E-state index contributed by atoms with van der Waals surface area (Å²) in [5, 5.41) is 3.39. The van der Waals surface area contributed by atoms with Gasteiger partial charge >= 0.3 is 11.9 Å². The number of ether oxygens (including phenoxy) is 3. The molecule has 1 unspecified atom stereocenters. The third kappa shape index (κ3) is 4.90.